The Morgan fingerprint density at radius 3 is 2.94 bits per heavy atom. The van der Waals surface area contributed by atoms with Gasteiger partial charge in [-0.25, -0.2) is 0 Å². The fourth-order valence-electron chi connectivity index (χ4n) is 2.10. The fourth-order valence-corrected chi connectivity index (χ4v) is 2.10. The molecule has 2 rings (SSSR count). The molecule has 1 saturated carbocycles. The lowest BCUT2D eigenvalue weighted by atomic mass is 10.3. The first-order valence-electron chi connectivity index (χ1n) is 6.72. The number of hydrogen-bond donors (Lipinski definition) is 1. The first-order valence-corrected chi connectivity index (χ1v) is 6.72. The first kappa shape index (κ1) is 12.6. The van der Waals surface area contributed by atoms with Crippen LogP contribution in [0.5, 0.6) is 0 Å². The first-order chi connectivity index (χ1) is 8.24. The Morgan fingerprint density at radius 1 is 1.59 bits per heavy atom. The summed E-state index contributed by atoms with van der Waals surface area (Å²) in [6, 6.07) is 3.39. The van der Waals surface area contributed by atoms with Crippen LogP contribution in [0.3, 0.4) is 0 Å². The van der Waals surface area contributed by atoms with E-state index in [1.54, 1.807) is 0 Å². The summed E-state index contributed by atoms with van der Waals surface area (Å²) in [6.07, 6.45) is 5.87. The van der Waals surface area contributed by atoms with Crippen LogP contribution in [-0.4, -0.2) is 33.8 Å². The number of hydrogen-bond acceptors (Lipinski definition) is 3. The van der Waals surface area contributed by atoms with Gasteiger partial charge < -0.3 is 5.73 Å². The van der Waals surface area contributed by atoms with Crippen molar-refractivity contribution in [3.05, 3.63) is 18.0 Å². The molecular weight excluding hydrogens is 212 g/mol. The minimum atomic E-state index is 0.493. The summed E-state index contributed by atoms with van der Waals surface area (Å²) in [5.41, 5.74) is 6.83. The molecule has 1 unspecified atom stereocenters. The molecule has 0 aliphatic heterocycles. The highest BCUT2D eigenvalue weighted by atomic mass is 15.3. The van der Waals surface area contributed by atoms with E-state index in [9.17, 15) is 0 Å². The summed E-state index contributed by atoms with van der Waals surface area (Å²) >= 11 is 0. The highest BCUT2D eigenvalue weighted by molar-refractivity contribution is 5.01. The monoisotopic (exact) mass is 236 g/mol. The molecule has 1 aromatic rings. The largest absolute Gasteiger partial charge is 0.329 e. The molecule has 0 aromatic carbocycles. The molecule has 4 heteroatoms. The molecule has 4 nitrogen and oxygen atoms in total. The molecule has 1 aromatic heterocycles. The van der Waals surface area contributed by atoms with Crippen molar-refractivity contribution in [1.29, 1.82) is 0 Å². The van der Waals surface area contributed by atoms with E-state index in [-0.39, 0.29) is 0 Å². The van der Waals surface area contributed by atoms with Gasteiger partial charge in [-0.3, -0.25) is 9.58 Å². The Bertz CT molecular complexity index is 343. The maximum absolute atomic E-state index is 5.66. The van der Waals surface area contributed by atoms with E-state index in [2.05, 4.69) is 40.8 Å². The summed E-state index contributed by atoms with van der Waals surface area (Å²) < 4.78 is 2.07. The van der Waals surface area contributed by atoms with Gasteiger partial charge in [-0.1, -0.05) is 6.92 Å². The zero-order valence-electron chi connectivity index (χ0n) is 11.0. The number of aromatic nitrogens is 2. The van der Waals surface area contributed by atoms with Crippen LogP contribution in [0.15, 0.2) is 12.3 Å². The van der Waals surface area contributed by atoms with Crippen LogP contribution < -0.4 is 5.73 Å². The van der Waals surface area contributed by atoms with Crippen molar-refractivity contribution in [2.75, 3.05) is 13.1 Å². The second-order valence-corrected chi connectivity index (χ2v) is 5.03. The minimum absolute atomic E-state index is 0.493. The highest BCUT2D eigenvalue weighted by Crippen LogP contribution is 2.27. The molecule has 1 heterocycles. The zero-order chi connectivity index (χ0) is 12.3. The molecule has 1 aliphatic carbocycles. The average molecular weight is 236 g/mol. The van der Waals surface area contributed by atoms with Crippen LogP contribution in [0.2, 0.25) is 0 Å². The second-order valence-electron chi connectivity index (χ2n) is 5.03. The molecule has 1 aliphatic rings. The molecule has 17 heavy (non-hydrogen) atoms. The van der Waals surface area contributed by atoms with Crippen LogP contribution in [0.1, 0.15) is 44.8 Å². The molecule has 0 spiro atoms. The van der Waals surface area contributed by atoms with Gasteiger partial charge in [0.25, 0.3) is 0 Å². The van der Waals surface area contributed by atoms with E-state index >= 15 is 0 Å². The Morgan fingerprint density at radius 2 is 2.35 bits per heavy atom. The molecule has 0 amide bonds. The van der Waals surface area contributed by atoms with Crippen LogP contribution >= 0.6 is 0 Å². The molecule has 1 fully saturated rings. The van der Waals surface area contributed by atoms with Gasteiger partial charge in [0, 0.05) is 37.9 Å². The van der Waals surface area contributed by atoms with Crippen LogP contribution in [0.25, 0.3) is 0 Å². The number of rotatable bonds is 7. The molecule has 96 valence electrons. The summed E-state index contributed by atoms with van der Waals surface area (Å²) in [5.74, 6) is 0. The molecular formula is C13H24N4. The Kier molecular flexibility index (Phi) is 4.18. The lowest BCUT2D eigenvalue weighted by Crippen LogP contribution is -2.31. The summed E-state index contributed by atoms with van der Waals surface area (Å²) in [6.45, 7) is 7.07. The van der Waals surface area contributed by atoms with Gasteiger partial charge in [0.15, 0.2) is 0 Å². The normalized spacial score (nSPS) is 17.6. The van der Waals surface area contributed by atoms with E-state index in [4.69, 9.17) is 5.73 Å². The lowest BCUT2D eigenvalue weighted by molar-refractivity contribution is 0.257. The summed E-state index contributed by atoms with van der Waals surface area (Å²) in [4.78, 5) is 2.46. The third-order valence-electron chi connectivity index (χ3n) is 3.55. The molecule has 0 radical (unpaired) electrons. The highest BCUT2D eigenvalue weighted by Gasteiger charge is 2.28. The predicted octanol–water partition coefficient (Wildman–Crippen LogP) is 1.78. The van der Waals surface area contributed by atoms with E-state index in [1.165, 1.54) is 18.5 Å². The molecule has 0 bridgehead atoms. The van der Waals surface area contributed by atoms with E-state index in [0.717, 1.165) is 32.1 Å². The van der Waals surface area contributed by atoms with Crippen molar-refractivity contribution in [3.63, 3.8) is 0 Å². The SMILES string of the molecule is CCC(C)n1ccc(CN(CCN)C2CC2)n1. The van der Waals surface area contributed by atoms with Crippen molar-refractivity contribution in [3.8, 4) is 0 Å². The van der Waals surface area contributed by atoms with Crippen molar-refractivity contribution in [2.45, 2.75) is 51.7 Å². The predicted molar refractivity (Wildman–Crippen MR) is 69.7 cm³/mol. The van der Waals surface area contributed by atoms with Gasteiger partial charge in [0.05, 0.1) is 5.69 Å². The van der Waals surface area contributed by atoms with E-state index < -0.39 is 0 Å². The van der Waals surface area contributed by atoms with Crippen LogP contribution in [-0.2, 0) is 6.54 Å². The summed E-state index contributed by atoms with van der Waals surface area (Å²) in [7, 11) is 0. The second kappa shape index (κ2) is 5.65. The zero-order valence-corrected chi connectivity index (χ0v) is 11.0. The Hall–Kier alpha value is -0.870. The maximum Gasteiger partial charge on any atom is 0.0765 e. The third-order valence-corrected chi connectivity index (χ3v) is 3.55. The van der Waals surface area contributed by atoms with Crippen molar-refractivity contribution in [2.24, 2.45) is 5.73 Å². The third kappa shape index (κ3) is 3.30. The van der Waals surface area contributed by atoms with Gasteiger partial charge in [0.1, 0.15) is 0 Å². The van der Waals surface area contributed by atoms with E-state index in [1.807, 2.05) is 0 Å². The van der Waals surface area contributed by atoms with Crippen molar-refractivity contribution in [1.82, 2.24) is 14.7 Å². The Labute approximate surface area is 104 Å². The summed E-state index contributed by atoms with van der Waals surface area (Å²) in [5, 5.41) is 4.65. The van der Waals surface area contributed by atoms with Gasteiger partial charge in [-0.2, -0.15) is 5.10 Å². The van der Waals surface area contributed by atoms with Crippen LogP contribution in [0, 0.1) is 0 Å². The quantitative estimate of drug-likeness (QED) is 0.785. The van der Waals surface area contributed by atoms with Crippen molar-refractivity contribution >= 4 is 0 Å². The van der Waals surface area contributed by atoms with Crippen molar-refractivity contribution < 1.29 is 0 Å². The number of nitrogens with zero attached hydrogens (tertiary/aromatic N) is 3. The minimum Gasteiger partial charge on any atom is -0.329 e. The average Bonchev–Trinajstić information content (AvgIpc) is 3.08. The molecule has 0 saturated heterocycles. The lowest BCUT2D eigenvalue weighted by Gasteiger charge is -2.19. The topological polar surface area (TPSA) is 47.1 Å². The molecule has 1 atom stereocenters. The molecule has 2 N–H and O–H groups in total. The van der Waals surface area contributed by atoms with Gasteiger partial charge >= 0.3 is 0 Å². The van der Waals surface area contributed by atoms with Gasteiger partial charge in [-0.05, 0) is 32.3 Å². The maximum atomic E-state index is 5.66. The standard InChI is InChI=1S/C13H24N4/c1-3-11(2)17-8-6-12(15-17)10-16(9-7-14)13-4-5-13/h6,8,11,13H,3-5,7,9-10,14H2,1-2H3. The Balaban J connectivity index is 1.94. The smallest absolute Gasteiger partial charge is 0.0765 e. The van der Waals surface area contributed by atoms with Gasteiger partial charge in [-0.15, -0.1) is 0 Å². The fraction of sp³-hybridized carbons (Fsp3) is 0.769. The van der Waals surface area contributed by atoms with Gasteiger partial charge in [0.2, 0.25) is 0 Å². The van der Waals surface area contributed by atoms with Crippen LogP contribution in [0.4, 0.5) is 0 Å². The number of nitrogens with two attached hydrogens (primary N) is 1. The van der Waals surface area contributed by atoms with E-state index in [0.29, 0.717) is 6.04 Å².